The molecule has 2 heterocycles. The first-order valence-electron chi connectivity index (χ1n) is 14.9. The summed E-state index contributed by atoms with van der Waals surface area (Å²) in [6, 6.07) is 0. The monoisotopic (exact) mass is 523 g/mol. The zero-order valence-corrected chi connectivity index (χ0v) is 25.3. The van der Waals surface area contributed by atoms with Crippen LogP contribution in [0.2, 0.25) is 0 Å². The maximum Gasteiger partial charge on any atom is 0.142 e. The Morgan fingerprint density at radius 1 is 0.895 bits per heavy atom. The van der Waals surface area contributed by atoms with Gasteiger partial charge in [0.05, 0.1) is 0 Å². The summed E-state index contributed by atoms with van der Waals surface area (Å²) in [5.41, 5.74) is 9.39. The molecule has 0 spiro atoms. The Labute approximate surface area is 232 Å². The Kier molecular flexibility index (Phi) is 11.5. The van der Waals surface area contributed by atoms with E-state index in [0.717, 1.165) is 82.4 Å². The third-order valence-corrected chi connectivity index (χ3v) is 8.35. The molecule has 2 aliphatic rings. The average molecular weight is 524 g/mol. The fourth-order valence-electron chi connectivity index (χ4n) is 5.67. The van der Waals surface area contributed by atoms with Crippen molar-refractivity contribution in [3.8, 4) is 11.5 Å². The molecule has 0 fully saturated rings. The van der Waals surface area contributed by atoms with Crippen molar-refractivity contribution in [3.63, 3.8) is 0 Å². The van der Waals surface area contributed by atoms with Gasteiger partial charge in [-0.25, -0.2) is 0 Å². The van der Waals surface area contributed by atoms with E-state index in [9.17, 15) is 0 Å². The fourth-order valence-corrected chi connectivity index (χ4v) is 5.67. The lowest BCUT2D eigenvalue weighted by Crippen LogP contribution is -2.39. The molecular weight excluding hydrogens is 470 g/mol. The first-order chi connectivity index (χ1) is 18.1. The molecule has 0 aliphatic carbocycles. The van der Waals surface area contributed by atoms with E-state index in [1.54, 1.807) is 0 Å². The lowest BCUT2D eigenvalue weighted by atomic mass is 9.84. The van der Waals surface area contributed by atoms with Crippen molar-refractivity contribution < 1.29 is 14.6 Å². The molecule has 38 heavy (non-hydrogen) atoms. The van der Waals surface area contributed by atoms with Gasteiger partial charge in [-0.3, -0.25) is 4.90 Å². The highest BCUT2D eigenvalue weighted by molar-refractivity contribution is 5.60. The molecule has 212 valence electrons. The Balaban J connectivity index is 1.57. The van der Waals surface area contributed by atoms with Crippen LogP contribution < -0.4 is 9.47 Å². The largest absolute Gasteiger partial charge is 0.487 e. The molecule has 0 bridgehead atoms. The van der Waals surface area contributed by atoms with Crippen molar-refractivity contribution in [1.29, 1.82) is 0 Å². The van der Waals surface area contributed by atoms with Gasteiger partial charge in [0, 0.05) is 30.8 Å². The molecule has 1 aromatic rings. The maximum absolute atomic E-state index is 9.14. The van der Waals surface area contributed by atoms with Crippen molar-refractivity contribution in [2.45, 2.75) is 125 Å². The van der Waals surface area contributed by atoms with E-state index in [-0.39, 0.29) is 12.2 Å². The Morgan fingerprint density at radius 2 is 1.55 bits per heavy atom. The van der Waals surface area contributed by atoms with Crippen LogP contribution in [0.4, 0.5) is 0 Å². The van der Waals surface area contributed by atoms with Gasteiger partial charge in [-0.1, -0.05) is 34.9 Å². The smallest absolute Gasteiger partial charge is 0.142 e. The predicted octanol–water partition coefficient (Wildman–Crippen LogP) is 8.51. The zero-order valence-electron chi connectivity index (χ0n) is 25.3. The van der Waals surface area contributed by atoms with Gasteiger partial charge in [0.2, 0.25) is 0 Å². The lowest BCUT2D eigenvalue weighted by molar-refractivity contribution is 0.0521. The molecule has 0 saturated carbocycles. The molecule has 2 aliphatic heterocycles. The normalized spacial score (nSPS) is 19.9. The summed E-state index contributed by atoms with van der Waals surface area (Å²) in [7, 11) is 0. The van der Waals surface area contributed by atoms with Gasteiger partial charge in [-0.2, -0.15) is 0 Å². The topological polar surface area (TPSA) is 41.9 Å². The van der Waals surface area contributed by atoms with Gasteiger partial charge < -0.3 is 14.6 Å². The highest BCUT2D eigenvalue weighted by Crippen LogP contribution is 2.46. The molecule has 3 rings (SSSR count). The van der Waals surface area contributed by atoms with Crippen molar-refractivity contribution in [2.75, 3.05) is 19.9 Å². The minimum absolute atomic E-state index is 0.132. The van der Waals surface area contributed by atoms with E-state index < -0.39 is 0 Å². The van der Waals surface area contributed by atoms with Crippen molar-refractivity contribution in [3.05, 3.63) is 57.2 Å². The maximum atomic E-state index is 9.14. The molecule has 1 atom stereocenters. The lowest BCUT2D eigenvalue weighted by Gasteiger charge is -2.40. The molecule has 4 nitrogen and oxygen atoms in total. The fraction of sp³-hybridized carbons (Fsp3) is 0.647. The van der Waals surface area contributed by atoms with Gasteiger partial charge in [-0.15, -0.1) is 0 Å². The molecule has 0 radical (unpaired) electrons. The van der Waals surface area contributed by atoms with Gasteiger partial charge in [0.25, 0.3) is 0 Å². The first kappa shape index (κ1) is 30.5. The summed E-state index contributed by atoms with van der Waals surface area (Å²) in [5.74, 6) is 2.18. The Morgan fingerprint density at radius 3 is 2.24 bits per heavy atom. The number of fused-ring (bicyclic) bond motifs is 3. The van der Waals surface area contributed by atoms with Crippen LogP contribution in [0.5, 0.6) is 11.5 Å². The number of hydrogen-bond acceptors (Lipinski definition) is 4. The van der Waals surface area contributed by atoms with E-state index in [4.69, 9.17) is 14.6 Å². The Hall–Kier alpha value is -2.04. The summed E-state index contributed by atoms with van der Waals surface area (Å²) in [4.78, 5) is 2.36. The summed E-state index contributed by atoms with van der Waals surface area (Å²) < 4.78 is 13.1. The molecule has 1 N–H and O–H groups in total. The number of aliphatic hydroxyl groups excluding tert-OH is 1. The molecule has 0 aromatic heterocycles. The predicted molar refractivity (Wildman–Crippen MR) is 160 cm³/mol. The number of hydrogen-bond donors (Lipinski definition) is 1. The summed E-state index contributed by atoms with van der Waals surface area (Å²) in [6.07, 6.45) is 17.8. The van der Waals surface area contributed by atoms with Gasteiger partial charge in [0.1, 0.15) is 23.8 Å². The van der Waals surface area contributed by atoms with Crippen LogP contribution in [0.25, 0.3) is 0 Å². The van der Waals surface area contributed by atoms with Gasteiger partial charge >= 0.3 is 0 Å². The minimum Gasteiger partial charge on any atom is -0.487 e. The summed E-state index contributed by atoms with van der Waals surface area (Å²) >= 11 is 0. The van der Waals surface area contributed by atoms with E-state index in [1.165, 1.54) is 45.4 Å². The van der Waals surface area contributed by atoms with E-state index in [1.807, 2.05) is 0 Å². The number of aliphatic hydroxyl groups is 1. The van der Waals surface area contributed by atoms with Crippen molar-refractivity contribution in [2.24, 2.45) is 0 Å². The van der Waals surface area contributed by atoms with Crippen LogP contribution in [-0.4, -0.2) is 35.5 Å². The minimum atomic E-state index is -0.132. The third-order valence-electron chi connectivity index (χ3n) is 8.35. The highest BCUT2D eigenvalue weighted by atomic mass is 16.5. The van der Waals surface area contributed by atoms with Gasteiger partial charge in [-0.05, 0) is 124 Å². The first-order valence-corrected chi connectivity index (χ1v) is 14.9. The quantitative estimate of drug-likeness (QED) is 0.208. The molecule has 4 heteroatoms. The number of allylic oxidation sites excluding steroid dienone is 6. The molecule has 0 amide bonds. The van der Waals surface area contributed by atoms with Crippen LogP contribution in [0.3, 0.4) is 0 Å². The third kappa shape index (κ3) is 8.48. The second-order valence-corrected chi connectivity index (χ2v) is 12.2. The van der Waals surface area contributed by atoms with Crippen molar-refractivity contribution in [1.82, 2.24) is 4.90 Å². The van der Waals surface area contributed by atoms with Crippen LogP contribution >= 0.6 is 0 Å². The number of ether oxygens (including phenoxy) is 2. The molecule has 0 unspecified atom stereocenters. The van der Waals surface area contributed by atoms with Crippen LogP contribution in [-0.2, 0) is 13.0 Å². The average Bonchev–Trinajstić information content (AvgIpc) is 2.87. The van der Waals surface area contributed by atoms with E-state index in [0.29, 0.717) is 6.73 Å². The summed E-state index contributed by atoms with van der Waals surface area (Å²) in [6.45, 7) is 18.3. The Bertz CT molecular complexity index is 1030. The molecule has 0 saturated heterocycles. The van der Waals surface area contributed by atoms with Crippen molar-refractivity contribution >= 4 is 0 Å². The SMILES string of the molecule is CC(C)=CCC/C(C)=C/CC/C(C)=C/CC[C@]1(C)CCc2c3c(c(C)c(C)c2O1)OCN(CCCCO)C3. The number of unbranched alkanes of at least 4 members (excludes halogenated alkanes) is 1. The van der Waals surface area contributed by atoms with Crippen LogP contribution in [0.15, 0.2) is 34.9 Å². The molecule has 1 aromatic carbocycles. The van der Waals surface area contributed by atoms with Crippen LogP contribution in [0.1, 0.15) is 115 Å². The van der Waals surface area contributed by atoms with Crippen LogP contribution in [0, 0.1) is 13.8 Å². The number of rotatable bonds is 13. The van der Waals surface area contributed by atoms with E-state index >= 15 is 0 Å². The second-order valence-electron chi connectivity index (χ2n) is 12.2. The summed E-state index contributed by atoms with van der Waals surface area (Å²) in [5, 5.41) is 9.14. The highest BCUT2D eigenvalue weighted by Gasteiger charge is 2.36. The number of benzene rings is 1. The molecular formula is C34H53NO3. The van der Waals surface area contributed by atoms with E-state index in [2.05, 4.69) is 71.6 Å². The zero-order chi connectivity index (χ0) is 27.7. The standard InChI is InChI=1S/C34H53NO3/c1-25(2)13-10-14-26(3)15-11-16-27(4)17-12-19-34(7)20-18-30-31-23-35(21-8-9-22-36)24-37-32(31)28(5)29(6)33(30)38-34/h13,15,17,36H,8-12,14,16,18-24H2,1-7H3/b26-15+,27-17+/t34-/m1/s1. The number of nitrogens with zero attached hydrogens (tertiary/aromatic N) is 1. The second kappa shape index (κ2) is 14.4. The van der Waals surface area contributed by atoms with Gasteiger partial charge in [0.15, 0.2) is 0 Å².